The molecule has 2 aromatic heterocycles. The predicted octanol–water partition coefficient (Wildman–Crippen LogP) is 9.73. The number of methoxy groups -OCH3 is 2. The summed E-state index contributed by atoms with van der Waals surface area (Å²) < 4.78 is 10.7. The maximum absolute atomic E-state index is 11.2. The van der Waals surface area contributed by atoms with Crippen LogP contribution in [0.5, 0.6) is 11.5 Å². The molecular formula is C35H25N3O4S2. The number of carboxylic acid groups (broad SMARTS) is 1. The van der Waals surface area contributed by atoms with Gasteiger partial charge in [-0.05, 0) is 96.6 Å². The maximum atomic E-state index is 11.2. The monoisotopic (exact) mass is 615 g/mol. The summed E-state index contributed by atoms with van der Waals surface area (Å²) in [5, 5.41) is 9.13. The van der Waals surface area contributed by atoms with E-state index in [1.807, 2.05) is 97.1 Å². The molecule has 0 saturated heterocycles. The molecule has 0 saturated carbocycles. The van der Waals surface area contributed by atoms with Crippen LogP contribution >= 0.6 is 22.7 Å². The second-order valence-electron chi connectivity index (χ2n) is 9.28. The molecule has 0 amide bonds. The van der Waals surface area contributed by atoms with Crippen LogP contribution in [0.3, 0.4) is 0 Å². The van der Waals surface area contributed by atoms with Gasteiger partial charge in [0.1, 0.15) is 11.5 Å². The van der Waals surface area contributed by atoms with Gasteiger partial charge in [-0.3, -0.25) is 4.79 Å². The standard InChI is InChI=1S/C35H25N3O4S2/c1-36-30(32-19-20-34(44-32)33-18-17-29(43-33)22-31(37-2)35(39)40)21-23-5-7-24(8-6-23)38(25-9-13-27(41-3)14-10-25)26-11-15-28(42-4)16-12-26/h5-22H,3-4H3,(H,39,40)/b30-21-,31-22-. The van der Waals surface area contributed by atoms with Gasteiger partial charge in [-0.2, -0.15) is 0 Å². The SMILES string of the molecule is [C-]#[N+]/C(=C\c1ccc(-c2ccc(/C(=C/c3ccc(N(c4ccc(OC)cc4)c4ccc(OC)cc4)cc3)[N+]#[C-])s2)s1)C(=O)O. The first kappa shape index (κ1) is 29.9. The first-order valence-electron chi connectivity index (χ1n) is 13.2. The molecule has 2 heterocycles. The molecule has 0 unspecified atom stereocenters. The average Bonchev–Trinajstić information content (AvgIpc) is 3.74. The van der Waals surface area contributed by atoms with Gasteiger partial charge in [0.15, 0.2) is 0 Å². The highest BCUT2D eigenvalue weighted by molar-refractivity contribution is 7.23. The van der Waals surface area contributed by atoms with Gasteiger partial charge in [0.2, 0.25) is 5.70 Å². The van der Waals surface area contributed by atoms with Crippen molar-refractivity contribution in [2.45, 2.75) is 0 Å². The molecule has 0 aliphatic heterocycles. The highest BCUT2D eigenvalue weighted by atomic mass is 32.1. The number of rotatable bonds is 10. The quantitative estimate of drug-likeness (QED) is 0.125. The molecule has 9 heteroatoms. The summed E-state index contributed by atoms with van der Waals surface area (Å²) >= 11 is 2.89. The van der Waals surface area contributed by atoms with Crippen LogP contribution in [0.25, 0.3) is 37.3 Å². The smallest absolute Gasteiger partial charge is 0.333 e. The average molecular weight is 616 g/mol. The molecule has 0 radical (unpaired) electrons. The number of hydrogen-bond acceptors (Lipinski definition) is 6. The van der Waals surface area contributed by atoms with Crippen LogP contribution in [0.1, 0.15) is 15.3 Å². The third-order valence-electron chi connectivity index (χ3n) is 6.58. The summed E-state index contributed by atoms with van der Waals surface area (Å²) in [7, 11) is 3.29. The molecule has 5 aromatic rings. The van der Waals surface area contributed by atoms with E-state index in [2.05, 4.69) is 14.6 Å². The summed E-state index contributed by atoms with van der Waals surface area (Å²) in [4.78, 5) is 23.6. The number of carbonyl (C=O) groups is 1. The third-order valence-corrected chi connectivity index (χ3v) is 8.92. The first-order valence-corrected chi connectivity index (χ1v) is 14.9. The van der Waals surface area contributed by atoms with Crippen molar-refractivity contribution >= 4 is 63.6 Å². The van der Waals surface area contributed by atoms with E-state index in [9.17, 15) is 4.79 Å². The van der Waals surface area contributed by atoms with Gasteiger partial charge in [-0.15, -0.1) is 22.7 Å². The Morgan fingerprint density at radius 2 is 1.23 bits per heavy atom. The van der Waals surface area contributed by atoms with Crippen molar-refractivity contribution < 1.29 is 19.4 Å². The molecule has 0 bridgehead atoms. The van der Waals surface area contributed by atoms with E-state index in [0.29, 0.717) is 10.6 Å². The zero-order valence-corrected chi connectivity index (χ0v) is 25.4. The second-order valence-corrected chi connectivity index (χ2v) is 11.5. The largest absolute Gasteiger partial charge is 0.497 e. The van der Waals surface area contributed by atoms with Crippen molar-refractivity contribution in [2.24, 2.45) is 0 Å². The fourth-order valence-electron chi connectivity index (χ4n) is 4.39. The van der Waals surface area contributed by atoms with Gasteiger partial charge in [0, 0.05) is 36.6 Å². The third kappa shape index (κ3) is 6.71. The molecule has 5 rings (SSSR count). The molecule has 0 fully saturated rings. The Morgan fingerprint density at radius 3 is 1.73 bits per heavy atom. The molecule has 0 atom stereocenters. The first-order chi connectivity index (χ1) is 21.4. The lowest BCUT2D eigenvalue weighted by Crippen LogP contribution is -2.09. The number of benzene rings is 3. The molecule has 3 aromatic carbocycles. The molecule has 0 spiro atoms. The van der Waals surface area contributed by atoms with E-state index in [1.54, 1.807) is 20.3 Å². The second kappa shape index (κ2) is 13.6. The van der Waals surface area contributed by atoms with Crippen LogP contribution in [0.15, 0.2) is 103 Å². The summed E-state index contributed by atoms with van der Waals surface area (Å²) in [6.45, 7) is 14.9. The molecule has 44 heavy (non-hydrogen) atoms. The number of ether oxygens (including phenoxy) is 2. The number of thiophene rings is 2. The van der Waals surface area contributed by atoms with Gasteiger partial charge >= 0.3 is 5.97 Å². The van der Waals surface area contributed by atoms with Crippen molar-refractivity contribution in [1.82, 2.24) is 0 Å². The zero-order chi connectivity index (χ0) is 31.1. The normalized spacial score (nSPS) is 11.4. The summed E-state index contributed by atoms with van der Waals surface area (Å²) in [5.41, 5.74) is 3.97. The van der Waals surface area contributed by atoms with E-state index < -0.39 is 5.97 Å². The maximum Gasteiger partial charge on any atom is 0.333 e. The van der Waals surface area contributed by atoms with Crippen molar-refractivity contribution in [3.05, 3.63) is 141 Å². The predicted molar refractivity (Wildman–Crippen MR) is 179 cm³/mol. The Balaban J connectivity index is 1.41. The van der Waals surface area contributed by atoms with Crippen LogP contribution < -0.4 is 14.4 Å². The summed E-state index contributed by atoms with van der Waals surface area (Å²) in [6.07, 6.45) is 3.24. The van der Waals surface area contributed by atoms with Gasteiger partial charge in [-0.25, -0.2) is 9.69 Å². The lowest BCUT2D eigenvalue weighted by atomic mass is 10.1. The molecule has 0 aliphatic rings. The Bertz CT molecular complexity index is 1870. The van der Waals surface area contributed by atoms with Gasteiger partial charge in [0.25, 0.3) is 5.70 Å². The van der Waals surface area contributed by atoms with E-state index in [1.165, 1.54) is 28.7 Å². The highest BCUT2D eigenvalue weighted by Gasteiger charge is 2.14. The fourth-order valence-corrected chi connectivity index (χ4v) is 6.40. The molecule has 216 valence electrons. The van der Waals surface area contributed by atoms with Crippen LogP contribution in [0.2, 0.25) is 0 Å². The van der Waals surface area contributed by atoms with E-state index in [0.717, 1.165) is 48.8 Å². The summed E-state index contributed by atoms with van der Waals surface area (Å²) in [5.74, 6) is 0.301. The van der Waals surface area contributed by atoms with Crippen molar-refractivity contribution in [2.75, 3.05) is 19.1 Å². The molecule has 1 N–H and O–H groups in total. The number of anilines is 3. The van der Waals surface area contributed by atoms with Crippen molar-refractivity contribution in [3.63, 3.8) is 0 Å². The Hall–Kier alpha value is -5.61. The van der Waals surface area contributed by atoms with Gasteiger partial charge in [0.05, 0.1) is 27.4 Å². The number of nitrogens with zero attached hydrogens (tertiary/aromatic N) is 3. The number of hydrogen-bond donors (Lipinski definition) is 1. The molecule has 0 aliphatic carbocycles. The molecular weight excluding hydrogens is 591 g/mol. The van der Waals surface area contributed by atoms with Crippen molar-refractivity contribution in [1.29, 1.82) is 0 Å². The highest BCUT2D eigenvalue weighted by Crippen LogP contribution is 2.39. The van der Waals surface area contributed by atoms with Crippen LogP contribution in [-0.2, 0) is 4.79 Å². The van der Waals surface area contributed by atoms with E-state index in [4.69, 9.17) is 27.7 Å². The topological polar surface area (TPSA) is 67.7 Å². The summed E-state index contributed by atoms with van der Waals surface area (Å²) in [6, 6.07) is 31.3. The Morgan fingerprint density at radius 1 is 0.705 bits per heavy atom. The van der Waals surface area contributed by atoms with Gasteiger partial charge in [-0.1, -0.05) is 18.2 Å². The zero-order valence-electron chi connectivity index (χ0n) is 23.7. The van der Waals surface area contributed by atoms with Crippen molar-refractivity contribution in [3.8, 4) is 21.3 Å². The minimum absolute atomic E-state index is 0.328. The number of aliphatic carboxylic acids is 1. The van der Waals surface area contributed by atoms with Crippen LogP contribution in [-0.4, -0.2) is 25.3 Å². The minimum atomic E-state index is -1.25. The van der Waals surface area contributed by atoms with Gasteiger partial charge < -0.3 is 19.5 Å². The Kier molecular flexibility index (Phi) is 9.22. The Labute approximate surface area is 263 Å². The fraction of sp³-hybridized carbons (Fsp3) is 0.0571. The van der Waals surface area contributed by atoms with Crippen LogP contribution in [0.4, 0.5) is 17.1 Å². The van der Waals surface area contributed by atoms with E-state index >= 15 is 0 Å². The molecule has 7 nitrogen and oxygen atoms in total. The lowest BCUT2D eigenvalue weighted by molar-refractivity contribution is -0.132. The van der Waals surface area contributed by atoms with E-state index in [-0.39, 0.29) is 5.70 Å². The minimum Gasteiger partial charge on any atom is -0.497 e. The number of carboxylic acids is 1. The van der Waals surface area contributed by atoms with Crippen LogP contribution in [0, 0.1) is 13.1 Å². The lowest BCUT2D eigenvalue weighted by Gasteiger charge is -2.26.